The molecule has 3 aliphatic heterocycles. The summed E-state index contributed by atoms with van der Waals surface area (Å²) in [4.78, 5) is 58.6. The van der Waals surface area contributed by atoms with Crippen LogP contribution in [-0.4, -0.2) is 73.1 Å². The molecule has 47 heavy (non-hydrogen) atoms. The van der Waals surface area contributed by atoms with Gasteiger partial charge in [0.1, 0.15) is 11.6 Å². The van der Waals surface area contributed by atoms with E-state index < -0.39 is 17.4 Å². The van der Waals surface area contributed by atoms with Gasteiger partial charge in [-0.05, 0) is 41.8 Å². The van der Waals surface area contributed by atoms with Crippen molar-refractivity contribution in [2.75, 3.05) is 44.4 Å². The number of rotatable bonds is 8. The van der Waals surface area contributed by atoms with Crippen LogP contribution in [0.2, 0.25) is 5.02 Å². The molecule has 0 saturated carbocycles. The number of halogens is 1. The van der Waals surface area contributed by atoms with Crippen molar-refractivity contribution < 1.29 is 28.3 Å². The minimum atomic E-state index is -0.929. The molecule has 4 aromatic rings. The Morgan fingerprint density at radius 1 is 0.894 bits per heavy atom. The smallest absolute Gasteiger partial charge is 0.287 e. The maximum absolute atomic E-state index is 14.0. The lowest BCUT2D eigenvalue weighted by Crippen LogP contribution is -2.55. The van der Waals surface area contributed by atoms with Crippen molar-refractivity contribution in [3.05, 3.63) is 98.9 Å². The van der Waals surface area contributed by atoms with Gasteiger partial charge in [0.25, 0.3) is 5.91 Å². The number of benzene rings is 3. The maximum Gasteiger partial charge on any atom is 0.287 e. The first-order valence-corrected chi connectivity index (χ1v) is 16.0. The van der Waals surface area contributed by atoms with Gasteiger partial charge in [0.05, 0.1) is 5.39 Å². The third kappa shape index (κ3) is 6.48. The molecule has 11 nitrogen and oxygen atoms in total. The number of nitrogens with one attached hydrogen (secondary N) is 1. The van der Waals surface area contributed by atoms with Crippen LogP contribution in [0.5, 0.6) is 11.5 Å². The highest BCUT2D eigenvalue weighted by atomic mass is 35.5. The number of ether oxygens (including phenoxy) is 2. The average molecular weight is 657 g/mol. The number of piperazine rings is 1. The van der Waals surface area contributed by atoms with Gasteiger partial charge >= 0.3 is 0 Å². The summed E-state index contributed by atoms with van der Waals surface area (Å²) < 4.78 is 16.6. The Labute approximate surface area is 275 Å². The zero-order valence-electron chi connectivity index (χ0n) is 25.6. The molecule has 3 aromatic carbocycles. The normalized spacial score (nSPS) is 16.5. The summed E-state index contributed by atoms with van der Waals surface area (Å²) in [5.74, 6) is -0.109. The fraction of sp³-hybridized carbons (Fsp3) is 0.314. The second-order valence-electron chi connectivity index (χ2n) is 11.9. The lowest BCUT2D eigenvalue weighted by atomic mass is 10.0. The molecule has 3 aliphatic rings. The largest absolute Gasteiger partial charge is 0.454 e. The van der Waals surface area contributed by atoms with Crippen LogP contribution in [0.15, 0.2) is 75.9 Å². The molecule has 1 aromatic heterocycles. The summed E-state index contributed by atoms with van der Waals surface area (Å²) in [5.41, 5.74) is 2.71. The van der Waals surface area contributed by atoms with Gasteiger partial charge in [-0.2, -0.15) is 0 Å². The predicted octanol–water partition coefficient (Wildman–Crippen LogP) is 3.99. The van der Waals surface area contributed by atoms with E-state index in [4.69, 9.17) is 25.5 Å². The van der Waals surface area contributed by atoms with Crippen LogP contribution >= 0.6 is 11.6 Å². The minimum absolute atomic E-state index is 0.0298. The van der Waals surface area contributed by atoms with Gasteiger partial charge in [0, 0.05) is 75.0 Å². The zero-order valence-corrected chi connectivity index (χ0v) is 26.3. The minimum Gasteiger partial charge on any atom is -0.454 e. The van der Waals surface area contributed by atoms with Crippen molar-refractivity contribution in [3.63, 3.8) is 0 Å². The second-order valence-corrected chi connectivity index (χ2v) is 12.3. The molecular formula is C35H33ClN4O7. The van der Waals surface area contributed by atoms with Crippen molar-refractivity contribution in [1.82, 2.24) is 15.1 Å². The number of hydrogen-bond acceptors (Lipinski definition) is 8. The fourth-order valence-electron chi connectivity index (χ4n) is 6.36. The van der Waals surface area contributed by atoms with E-state index in [1.165, 1.54) is 12.1 Å². The van der Waals surface area contributed by atoms with Crippen LogP contribution in [0.1, 0.15) is 34.5 Å². The molecule has 3 amide bonds. The summed E-state index contributed by atoms with van der Waals surface area (Å²) in [6.07, 6.45) is 1.69. The van der Waals surface area contributed by atoms with Crippen molar-refractivity contribution in [2.24, 2.45) is 0 Å². The third-order valence-corrected chi connectivity index (χ3v) is 9.11. The predicted molar refractivity (Wildman–Crippen MR) is 175 cm³/mol. The average Bonchev–Trinajstić information content (AvgIpc) is 3.72. The number of amides is 3. The van der Waals surface area contributed by atoms with Gasteiger partial charge < -0.3 is 33.9 Å². The molecule has 2 saturated heterocycles. The van der Waals surface area contributed by atoms with Gasteiger partial charge in [0.2, 0.25) is 18.6 Å². The molecule has 7 rings (SSSR count). The number of nitrogens with zero attached hydrogens (tertiary/aromatic N) is 3. The van der Waals surface area contributed by atoms with E-state index in [0.717, 1.165) is 35.8 Å². The first kappa shape index (κ1) is 30.6. The lowest BCUT2D eigenvalue weighted by molar-refractivity contribution is -0.133. The molecular weight excluding hydrogens is 624 g/mol. The van der Waals surface area contributed by atoms with Crippen LogP contribution in [0.4, 0.5) is 5.69 Å². The van der Waals surface area contributed by atoms with E-state index in [-0.39, 0.29) is 41.8 Å². The Morgan fingerprint density at radius 3 is 2.38 bits per heavy atom. The van der Waals surface area contributed by atoms with E-state index >= 15 is 0 Å². The number of anilines is 1. The van der Waals surface area contributed by atoms with Crippen molar-refractivity contribution in [2.45, 2.75) is 31.8 Å². The molecule has 0 spiro atoms. The van der Waals surface area contributed by atoms with Crippen molar-refractivity contribution in [3.8, 4) is 11.5 Å². The Hall–Kier alpha value is -5.03. The Kier molecular flexibility index (Phi) is 8.46. The highest BCUT2D eigenvalue weighted by molar-refractivity contribution is 6.30. The Bertz CT molecular complexity index is 1900. The van der Waals surface area contributed by atoms with Crippen LogP contribution in [0.25, 0.3) is 11.0 Å². The highest BCUT2D eigenvalue weighted by Crippen LogP contribution is 2.35. The van der Waals surface area contributed by atoms with Crippen LogP contribution in [0.3, 0.4) is 0 Å². The number of fused-ring (bicyclic) bond motifs is 2. The van der Waals surface area contributed by atoms with E-state index in [9.17, 15) is 19.2 Å². The second kappa shape index (κ2) is 13.0. The maximum atomic E-state index is 14.0. The molecule has 1 N–H and O–H groups in total. The van der Waals surface area contributed by atoms with E-state index in [0.29, 0.717) is 55.7 Å². The van der Waals surface area contributed by atoms with E-state index in [2.05, 4.69) is 22.3 Å². The number of para-hydroxylation sites is 1. The van der Waals surface area contributed by atoms with Crippen LogP contribution < -0.4 is 25.1 Å². The van der Waals surface area contributed by atoms with Crippen molar-refractivity contribution >= 4 is 46.0 Å². The molecule has 1 atom stereocenters. The van der Waals surface area contributed by atoms with Crippen molar-refractivity contribution in [1.29, 1.82) is 0 Å². The van der Waals surface area contributed by atoms with E-state index in [1.807, 2.05) is 29.2 Å². The van der Waals surface area contributed by atoms with Gasteiger partial charge in [-0.25, -0.2) is 0 Å². The molecule has 4 heterocycles. The van der Waals surface area contributed by atoms with E-state index in [1.54, 1.807) is 17.0 Å². The summed E-state index contributed by atoms with van der Waals surface area (Å²) in [5, 5.41) is 3.65. The first-order chi connectivity index (χ1) is 22.8. The molecule has 242 valence electrons. The zero-order chi connectivity index (χ0) is 32.5. The first-order valence-electron chi connectivity index (χ1n) is 15.6. The highest BCUT2D eigenvalue weighted by Gasteiger charge is 2.31. The number of hydrogen-bond donors (Lipinski definition) is 1. The summed E-state index contributed by atoms with van der Waals surface area (Å²) in [7, 11) is 0. The molecule has 0 aliphatic carbocycles. The SMILES string of the molecule is O=C(N[C@@H](Cc1ccc(Cl)cc1)C(=O)N1CCN(c2ccccc2CN2CCCC2=O)CC1)c1cc(=O)c2cc3c(cc2o1)OCO3. The Balaban J connectivity index is 1.08. The number of carbonyl (C=O) groups is 3. The molecule has 0 bridgehead atoms. The third-order valence-electron chi connectivity index (χ3n) is 8.86. The van der Waals surface area contributed by atoms with Gasteiger partial charge in [-0.1, -0.05) is 41.9 Å². The van der Waals surface area contributed by atoms with Crippen LogP contribution in [-0.2, 0) is 22.6 Å². The summed E-state index contributed by atoms with van der Waals surface area (Å²) in [6.45, 7) is 3.44. The Morgan fingerprint density at radius 2 is 1.64 bits per heavy atom. The van der Waals surface area contributed by atoms with Crippen LogP contribution in [0, 0.1) is 0 Å². The molecule has 12 heteroatoms. The lowest BCUT2D eigenvalue weighted by Gasteiger charge is -2.38. The van der Waals surface area contributed by atoms with Gasteiger partial charge in [-0.15, -0.1) is 0 Å². The molecule has 0 radical (unpaired) electrons. The molecule has 2 fully saturated rings. The summed E-state index contributed by atoms with van der Waals surface area (Å²) in [6, 6.07) is 18.4. The fourth-order valence-corrected chi connectivity index (χ4v) is 6.49. The number of carbonyl (C=O) groups excluding carboxylic acids is 3. The summed E-state index contributed by atoms with van der Waals surface area (Å²) >= 11 is 6.10. The monoisotopic (exact) mass is 656 g/mol. The van der Waals surface area contributed by atoms with Gasteiger partial charge in [-0.3, -0.25) is 19.2 Å². The number of likely N-dealkylation sites (tertiary alicyclic amines) is 1. The van der Waals surface area contributed by atoms with Gasteiger partial charge in [0.15, 0.2) is 22.7 Å². The standard InChI is InChI=1S/C35H33ClN4O7/c36-24-9-7-22(8-10-24)16-26(37-34(43)32-18-28(41)25-17-30-31(46-21-45-30)19-29(25)47-32)35(44)39-14-12-38(13-15-39)27-5-2-1-4-23(27)20-40-11-3-6-33(40)42/h1-2,4-5,7-10,17-19,26H,3,6,11-16,20-21H2,(H,37,43)/t26-/m0/s1. The molecule has 0 unspecified atom stereocenters. The topological polar surface area (TPSA) is 122 Å². The quantitative estimate of drug-likeness (QED) is 0.302.